The van der Waals surface area contributed by atoms with Gasteiger partial charge in [0.05, 0.1) is 12.3 Å². The fraction of sp³-hybridized carbons (Fsp3) is 0.381. The molecule has 1 aliphatic heterocycles. The van der Waals surface area contributed by atoms with Gasteiger partial charge in [-0.05, 0) is 36.8 Å². The molecule has 0 spiro atoms. The topological polar surface area (TPSA) is 85.4 Å². The van der Waals surface area contributed by atoms with E-state index in [1.54, 1.807) is 24.3 Å². The second-order valence-electron chi connectivity index (χ2n) is 7.52. The Bertz CT molecular complexity index is 1050. The third-order valence-corrected chi connectivity index (χ3v) is 5.19. The van der Waals surface area contributed by atoms with Crippen LogP contribution in [0.3, 0.4) is 0 Å². The number of nitrogens with one attached hydrogen (secondary N) is 1. The van der Waals surface area contributed by atoms with Crippen molar-refractivity contribution in [3.63, 3.8) is 0 Å². The van der Waals surface area contributed by atoms with Gasteiger partial charge in [-0.3, -0.25) is 9.69 Å². The summed E-state index contributed by atoms with van der Waals surface area (Å²) in [6.07, 6.45) is -2.59. The van der Waals surface area contributed by atoms with Crippen LogP contribution >= 0.6 is 0 Å². The first kappa shape index (κ1) is 21.9. The van der Waals surface area contributed by atoms with Crippen LogP contribution in [0.25, 0.3) is 0 Å². The minimum Gasteiger partial charge on any atom is -0.459 e. The fourth-order valence-corrected chi connectivity index (χ4v) is 3.66. The largest absolute Gasteiger partial charge is 0.573 e. The number of furan rings is 1. The van der Waals surface area contributed by atoms with Crippen LogP contribution in [0.15, 0.2) is 47.1 Å². The van der Waals surface area contributed by atoms with E-state index in [9.17, 15) is 18.0 Å². The maximum absolute atomic E-state index is 12.3. The van der Waals surface area contributed by atoms with Crippen LogP contribution in [0.1, 0.15) is 40.7 Å². The molecule has 8 nitrogen and oxygen atoms in total. The number of aromatic nitrogens is 3. The molecule has 1 aromatic carbocycles. The lowest BCUT2D eigenvalue weighted by atomic mass is 10.2. The normalized spacial score (nSPS) is 15.6. The Morgan fingerprint density at radius 2 is 1.97 bits per heavy atom. The van der Waals surface area contributed by atoms with Crippen molar-refractivity contribution in [3.8, 4) is 5.75 Å². The maximum atomic E-state index is 12.3. The quantitative estimate of drug-likeness (QED) is 0.622. The number of fused-ring (bicyclic) bond motifs is 1. The summed E-state index contributed by atoms with van der Waals surface area (Å²) < 4.78 is 48.0. The molecular formula is C21H22F3N5O3. The zero-order valence-corrected chi connectivity index (χ0v) is 17.3. The van der Waals surface area contributed by atoms with E-state index in [4.69, 9.17) is 4.42 Å². The van der Waals surface area contributed by atoms with Crippen LogP contribution in [0.5, 0.6) is 5.75 Å². The van der Waals surface area contributed by atoms with Gasteiger partial charge < -0.3 is 19.0 Å². The highest BCUT2D eigenvalue weighted by Crippen LogP contribution is 2.23. The molecule has 0 saturated heterocycles. The van der Waals surface area contributed by atoms with Gasteiger partial charge in [0.1, 0.15) is 11.6 Å². The second kappa shape index (κ2) is 9.03. The number of nitrogens with zero attached hydrogens (tertiary/aromatic N) is 4. The zero-order chi connectivity index (χ0) is 22.7. The minimum atomic E-state index is -4.70. The van der Waals surface area contributed by atoms with Gasteiger partial charge >= 0.3 is 6.36 Å². The van der Waals surface area contributed by atoms with Crippen LogP contribution in [-0.4, -0.2) is 45.0 Å². The Morgan fingerprint density at radius 1 is 1.19 bits per heavy atom. The summed E-state index contributed by atoms with van der Waals surface area (Å²) >= 11 is 0. The first-order chi connectivity index (χ1) is 15.3. The first-order valence-corrected chi connectivity index (χ1v) is 10.1. The van der Waals surface area contributed by atoms with Gasteiger partial charge in [0, 0.05) is 32.6 Å². The Kier molecular flexibility index (Phi) is 6.17. The summed E-state index contributed by atoms with van der Waals surface area (Å²) in [7, 11) is 0. The van der Waals surface area contributed by atoms with Gasteiger partial charge in [0.25, 0.3) is 5.91 Å². The predicted molar refractivity (Wildman–Crippen MR) is 107 cm³/mol. The molecule has 0 bridgehead atoms. The maximum Gasteiger partial charge on any atom is 0.573 e. The van der Waals surface area contributed by atoms with Gasteiger partial charge in [0.2, 0.25) is 0 Å². The van der Waals surface area contributed by atoms with E-state index in [2.05, 4.69) is 25.2 Å². The van der Waals surface area contributed by atoms with E-state index in [1.807, 2.05) is 11.5 Å². The molecule has 170 valence electrons. The molecule has 1 atom stereocenters. The summed E-state index contributed by atoms with van der Waals surface area (Å²) in [6.45, 7) is 4.49. The molecule has 0 fully saturated rings. The number of amides is 1. The molecule has 0 aliphatic carbocycles. The standard InChI is InChI=1S/C21H22F3N5O3/c1-14(25-20(30)17-3-2-12-31-17)19-27-26-18-8-9-28(10-11-29(18)19)13-15-4-6-16(7-5-15)32-21(22,23)24/h2-7,12,14H,8-11,13H2,1H3,(H,25,30)/t14-/m0/s1. The van der Waals surface area contributed by atoms with Crippen LogP contribution in [0.4, 0.5) is 13.2 Å². The van der Waals surface area contributed by atoms with E-state index in [-0.39, 0.29) is 23.5 Å². The van der Waals surface area contributed by atoms with Crippen molar-refractivity contribution in [3.05, 3.63) is 65.6 Å². The number of carbonyl (C=O) groups excluding carboxylic acids is 1. The van der Waals surface area contributed by atoms with Crippen molar-refractivity contribution in [2.75, 3.05) is 13.1 Å². The molecule has 1 aliphatic rings. The first-order valence-electron chi connectivity index (χ1n) is 10.1. The number of benzene rings is 1. The summed E-state index contributed by atoms with van der Waals surface area (Å²) in [5.41, 5.74) is 0.886. The molecule has 3 heterocycles. The van der Waals surface area contributed by atoms with Gasteiger partial charge in [-0.2, -0.15) is 0 Å². The Labute approximate surface area is 182 Å². The highest BCUT2D eigenvalue weighted by Gasteiger charge is 2.31. The summed E-state index contributed by atoms with van der Waals surface area (Å²) in [5.74, 6) is 1.16. The summed E-state index contributed by atoms with van der Waals surface area (Å²) in [5, 5.41) is 11.4. The predicted octanol–water partition coefficient (Wildman–Crippen LogP) is 3.32. The SMILES string of the molecule is C[C@H](NC(=O)c1ccco1)c1nnc2n1CCN(Cc1ccc(OC(F)(F)F)cc1)CC2. The van der Waals surface area contributed by atoms with Crippen molar-refractivity contribution in [1.82, 2.24) is 25.0 Å². The summed E-state index contributed by atoms with van der Waals surface area (Å²) in [6, 6.07) is 8.77. The van der Waals surface area contributed by atoms with Gasteiger partial charge in [-0.1, -0.05) is 12.1 Å². The third-order valence-electron chi connectivity index (χ3n) is 5.19. The average Bonchev–Trinajstić information content (AvgIpc) is 3.37. The number of carbonyl (C=O) groups is 1. The van der Waals surface area contributed by atoms with E-state index >= 15 is 0 Å². The molecule has 32 heavy (non-hydrogen) atoms. The van der Waals surface area contributed by atoms with Crippen LogP contribution in [0.2, 0.25) is 0 Å². The van der Waals surface area contributed by atoms with E-state index in [0.29, 0.717) is 31.9 Å². The number of halogens is 3. The minimum absolute atomic E-state index is 0.227. The molecule has 0 saturated carbocycles. The number of alkyl halides is 3. The molecule has 2 aromatic heterocycles. The summed E-state index contributed by atoms with van der Waals surface area (Å²) in [4.78, 5) is 14.5. The third kappa shape index (κ3) is 5.28. The van der Waals surface area contributed by atoms with Crippen molar-refractivity contribution < 1.29 is 27.1 Å². The number of ether oxygens (including phenoxy) is 1. The van der Waals surface area contributed by atoms with Crippen LogP contribution in [0, 0.1) is 0 Å². The van der Waals surface area contributed by atoms with E-state index in [0.717, 1.165) is 17.9 Å². The Balaban J connectivity index is 1.36. The zero-order valence-electron chi connectivity index (χ0n) is 17.3. The van der Waals surface area contributed by atoms with Gasteiger partial charge in [0.15, 0.2) is 11.6 Å². The van der Waals surface area contributed by atoms with Gasteiger partial charge in [-0.15, -0.1) is 23.4 Å². The fourth-order valence-electron chi connectivity index (χ4n) is 3.66. The number of hydrogen-bond acceptors (Lipinski definition) is 6. The Morgan fingerprint density at radius 3 is 2.66 bits per heavy atom. The smallest absolute Gasteiger partial charge is 0.459 e. The Hall–Kier alpha value is -3.34. The number of hydrogen-bond donors (Lipinski definition) is 1. The van der Waals surface area contributed by atoms with Gasteiger partial charge in [-0.25, -0.2) is 0 Å². The molecular weight excluding hydrogens is 427 g/mol. The lowest BCUT2D eigenvalue weighted by Gasteiger charge is -2.20. The second-order valence-corrected chi connectivity index (χ2v) is 7.52. The van der Waals surface area contributed by atoms with E-state index < -0.39 is 6.36 Å². The highest BCUT2D eigenvalue weighted by molar-refractivity contribution is 5.91. The monoisotopic (exact) mass is 449 g/mol. The van der Waals surface area contributed by atoms with Crippen LogP contribution in [-0.2, 0) is 19.5 Å². The lowest BCUT2D eigenvalue weighted by Crippen LogP contribution is -2.30. The van der Waals surface area contributed by atoms with Crippen molar-refractivity contribution in [2.24, 2.45) is 0 Å². The molecule has 1 amide bonds. The molecule has 0 radical (unpaired) electrons. The van der Waals surface area contributed by atoms with Crippen molar-refractivity contribution >= 4 is 5.91 Å². The lowest BCUT2D eigenvalue weighted by molar-refractivity contribution is -0.274. The molecule has 4 rings (SSSR count). The van der Waals surface area contributed by atoms with Crippen LogP contribution < -0.4 is 10.1 Å². The molecule has 1 N–H and O–H groups in total. The van der Waals surface area contributed by atoms with Crippen molar-refractivity contribution in [1.29, 1.82) is 0 Å². The molecule has 11 heteroatoms. The van der Waals surface area contributed by atoms with E-state index in [1.165, 1.54) is 18.4 Å². The molecule has 3 aromatic rings. The number of rotatable bonds is 6. The van der Waals surface area contributed by atoms with Crippen molar-refractivity contribution in [2.45, 2.75) is 38.8 Å². The molecule has 0 unspecified atom stereocenters. The average molecular weight is 449 g/mol. The highest BCUT2D eigenvalue weighted by atomic mass is 19.4.